The van der Waals surface area contributed by atoms with Gasteiger partial charge in [-0.05, 0) is 75.3 Å². The first-order valence-corrected chi connectivity index (χ1v) is 10.0. The molecule has 1 unspecified atom stereocenters. The number of hydrogen-bond acceptors (Lipinski definition) is 5. The molecule has 0 aliphatic heterocycles. The minimum Gasteiger partial charge on any atom is -0.469 e. The normalized spacial score (nSPS) is 15.9. The van der Waals surface area contributed by atoms with Crippen molar-refractivity contribution in [1.29, 1.82) is 0 Å². The second-order valence-corrected chi connectivity index (χ2v) is 7.43. The lowest BCUT2D eigenvalue weighted by Gasteiger charge is -2.17. The highest BCUT2D eigenvalue weighted by Gasteiger charge is 2.16. The maximum atomic E-state index is 12.3. The summed E-state index contributed by atoms with van der Waals surface area (Å²) in [4.78, 5) is 23.8. The maximum Gasteiger partial charge on any atom is 0.338 e. The quantitative estimate of drug-likeness (QED) is 0.520. The van der Waals surface area contributed by atoms with Gasteiger partial charge in [0.1, 0.15) is 0 Å². The van der Waals surface area contributed by atoms with Crippen LogP contribution in [0.25, 0.3) is 5.69 Å². The fourth-order valence-corrected chi connectivity index (χ4v) is 3.64. The predicted octanol–water partition coefficient (Wildman–Crippen LogP) is 4.11. The number of carbonyl (C=O) groups is 2. The van der Waals surface area contributed by atoms with Crippen LogP contribution in [0.3, 0.4) is 0 Å². The highest BCUT2D eigenvalue weighted by Crippen LogP contribution is 2.21. The largest absolute Gasteiger partial charge is 0.469 e. The molecule has 0 fully saturated rings. The number of ether oxygens (including phenoxy) is 2. The van der Waals surface area contributed by atoms with Crippen LogP contribution in [0.1, 0.15) is 53.0 Å². The Morgan fingerprint density at radius 1 is 1.17 bits per heavy atom. The topological polar surface area (TPSA) is 70.4 Å². The van der Waals surface area contributed by atoms with E-state index in [-0.39, 0.29) is 11.9 Å². The van der Waals surface area contributed by atoms with Gasteiger partial charge in [0, 0.05) is 12.1 Å². The van der Waals surface area contributed by atoms with Crippen LogP contribution < -0.4 is 0 Å². The van der Waals surface area contributed by atoms with Gasteiger partial charge in [-0.3, -0.25) is 4.79 Å². The van der Waals surface area contributed by atoms with Crippen LogP contribution in [0.5, 0.6) is 0 Å². The molecule has 0 bridgehead atoms. The van der Waals surface area contributed by atoms with Gasteiger partial charge in [0.05, 0.1) is 30.7 Å². The van der Waals surface area contributed by atoms with E-state index in [1.165, 1.54) is 7.11 Å². The first-order chi connectivity index (χ1) is 14.0. The first kappa shape index (κ1) is 20.8. The minimum absolute atomic E-state index is 0.233. The summed E-state index contributed by atoms with van der Waals surface area (Å²) in [5, 5.41) is 4.60. The molecule has 1 heterocycles. The van der Waals surface area contributed by atoms with Gasteiger partial charge >= 0.3 is 11.9 Å². The number of allylic oxidation sites excluding steroid dienone is 2. The van der Waals surface area contributed by atoms with Gasteiger partial charge < -0.3 is 9.47 Å². The molecule has 0 spiro atoms. The van der Waals surface area contributed by atoms with Crippen molar-refractivity contribution >= 4 is 11.9 Å². The van der Waals surface area contributed by atoms with E-state index in [0.717, 1.165) is 41.9 Å². The van der Waals surface area contributed by atoms with Gasteiger partial charge in [-0.15, -0.1) is 0 Å². The van der Waals surface area contributed by atoms with E-state index in [1.807, 2.05) is 30.7 Å². The van der Waals surface area contributed by atoms with Crippen molar-refractivity contribution in [3.8, 4) is 5.69 Å². The van der Waals surface area contributed by atoms with Crippen molar-refractivity contribution in [2.45, 2.75) is 46.0 Å². The van der Waals surface area contributed by atoms with Crippen molar-refractivity contribution in [3.63, 3.8) is 0 Å². The van der Waals surface area contributed by atoms with Gasteiger partial charge in [-0.1, -0.05) is 12.2 Å². The van der Waals surface area contributed by atoms with Gasteiger partial charge in [0.15, 0.2) is 0 Å². The van der Waals surface area contributed by atoms with Gasteiger partial charge in [0.2, 0.25) is 0 Å². The molecule has 1 aliphatic carbocycles. The van der Waals surface area contributed by atoms with Crippen LogP contribution in [-0.4, -0.2) is 35.4 Å². The van der Waals surface area contributed by atoms with E-state index in [2.05, 4.69) is 17.3 Å². The smallest absolute Gasteiger partial charge is 0.338 e. The third-order valence-corrected chi connectivity index (χ3v) is 5.42. The second kappa shape index (κ2) is 9.54. The second-order valence-electron chi connectivity index (χ2n) is 7.43. The molecule has 2 aromatic rings. The number of hydrogen-bond donors (Lipinski definition) is 0. The fourth-order valence-electron chi connectivity index (χ4n) is 3.64. The lowest BCUT2D eigenvalue weighted by molar-refractivity contribution is -0.140. The first-order valence-electron chi connectivity index (χ1n) is 10.0. The summed E-state index contributed by atoms with van der Waals surface area (Å²) < 4.78 is 12.0. The van der Waals surface area contributed by atoms with E-state index in [0.29, 0.717) is 30.9 Å². The highest BCUT2D eigenvalue weighted by molar-refractivity contribution is 5.89. The molecule has 0 radical (unpaired) electrons. The maximum absolute atomic E-state index is 12.3. The Hall–Kier alpha value is -2.89. The summed E-state index contributed by atoms with van der Waals surface area (Å²) in [6.07, 6.45) is 8.35. The molecule has 3 rings (SSSR count). The van der Waals surface area contributed by atoms with Gasteiger partial charge in [-0.2, -0.15) is 5.10 Å². The van der Waals surface area contributed by atoms with Crippen molar-refractivity contribution in [1.82, 2.24) is 9.78 Å². The van der Waals surface area contributed by atoms with Crippen LogP contribution in [-0.2, 0) is 20.7 Å². The fraction of sp³-hybridized carbons (Fsp3) is 0.435. The molecule has 6 heteroatoms. The zero-order chi connectivity index (χ0) is 20.8. The molecular formula is C23H28N2O4. The average Bonchev–Trinajstić information content (AvgIpc) is 3.04. The molecule has 1 aliphatic rings. The molecule has 6 nitrogen and oxygen atoms in total. The van der Waals surface area contributed by atoms with E-state index < -0.39 is 0 Å². The molecule has 1 atom stereocenters. The summed E-state index contributed by atoms with van der Waals surface area (Å²) in [7, 11) is 1.39. The molecule has 154 valence electrons. The summed E-state index contributed by atoms with van der Waals surface area (Å²) >= 11 is 0. The predicted molar refractivity (Wildman–Crippen MR) is 110 cm³/mol. The van der Waals surface area contributed by atoms with Crippen LogP contribution in [0.2, 0.25) is 0 Å². The van der Waals surface area contributed by atoms with Crippen molar-refractivity contribution in [3.05, 3.63) is 58.9 Å². The molecule has 1 aromatic heterocycles. The third-order valence-electron chi connectivity index (χ3n) is 5.42. The van der Waals surface area contributed by atoms with Crippen molar-refractivity contribution < 1.29 is 19.1 Å². The zero-order valence-corrected chi connectivity index (χ0v) is 17.3. The Morgan fingerprint density at radius 3 is 2.59 bits per heavy atom. The number of rotatable bonds is 7. The zero-order valence-electron chi connectivity index (χ0n) is 17.3. The standard InChI is InChI=1S/C23H28N2O4/c1-16-21(13-14-22(26)28-3)17(2)25(24-16)20-11-9-19(10-12-20)23(27)29-15-18-7-5-4-6-8-18/h4-5,9-12,18H,6-8,13-15H2,1-3H3. The van der Waals surface area contributed by atoms with E-state index >= 15 is 0 Å². The Balaban J connectivity index is 1.65. The molecule has 1 aromatic carbocycles. The molecule has 0 amide bonds. The number of carbonyl (C=O) groups excluding carboxylic acids is 2. The van der Waals surface area contributed by atoms with Gasteiger partial charge in [-0.25, -0.2) is 9.48 Å². The lowest BCUT2D eigenvalue weighted by Crippen LogP contribution is -2.15. The third kappa shape index (κ3) is 5.13. The van der Waals surface area contributed by atoms with Crippen LogP contribution in [0, 0.1) is 19.8 Å². The average molecular weight is 396 g/mol. The molecule has 0 saturated heterocycles. The number of nitrogens with zero attached hydrogens (tertiary/aromatic N) is 2. The van der Waals surface area contributed by atoms with Gasteiger partial charge in [0.25, 0.3) is 0 Å². The highest BCUT2D eigenvalue weighted by atomic mass is 16.5. The Morgan fingerprint density at radius 2 is 1.93 bits per heavy atom. The minimum atomic E-state index is -0.293. The Bertz CT molecular complexity index is 896. The van der Waals surface area contributed by atoms with Crippen molar-refractivity contribution in [2.24, 2.45) is 5.92 Å². The summed E-state index contributed by atoms with van der Waals surface area (Å²) in [6, 6.07) is 7.26. The Kier molecular flexibility index (Phi) is 6.86. The SMILES string of the molecule is COC(=O)CCc1c(C)nn(-c2ccc(C(=O)OCC3CC=CCC3)cc2)c1C. The van der Waals surface area contributed by atoms with E-state index in [1.54, 1.807) is 12.1 Å². The van der Waals surface area contributed by atoms with Crippen molar-refractivity contribution in [2.75, 3.05) is 13.7 Å². The van der Waals surface area contributed by atoms with E-state index in [4.69, 9.17) is 9.47 Å². The molecular weight excluding hydrogens is 368 g/mol. The van der Waals surface area contributed by atoms with Crippen LogP contribution >= 0.6 is 0 Å². The van der Waals surface area contributed by atoms with E-state index in [9.17, 15) is 9.59 Å². The number of benzene rings is 1. The molecule has 0 saturated carbocycles. The summed E-state index contributed by atoms with van der Waals surface area (Å²) in [6.45, 7) is 4.38. The molecule has 29 heavy (non-hydrogen) atoms. The number of aromatic nitrogens is 2. The van der Waals surface area contributed by atoms with Crippen LogP contribution in [0.4, 0.5) is 0 Å². The number of methoxy groups -OCH3 is 1. The van der Waals surface area contributed by atoms with Crippen LogP contribution in [0.15, 0.2) is 36.4 Å². The summed E-state index contributed by atoms with van der Waals surface area (Å²) in [5.41, 5.74) is 4.31. The summed E-state index contributed by atoms with van der Waals surface area (Å²) in [5.74, 6) is -0.108. The Labute approximate surface area is 171 Å². The molecule has 0 N–H and O–H groups in total. The monoisotopic (exact) mass is 396 g/mol. The lowest BCUT2D eigenvalue weighted by atomic mass is 9.95. The number of esters is 2. The number of aryl methyl sites for hydroxylation is 1.